The maximum Gasteiger partial charge on any atom is 0.274 e. The summed E-state index contributed by atoms with van der Waals surface area (Å²) in [4.78, 5) is 22.8. The van der Waals surface area contributed by atoms with E-state index >= 15 is 0 Å². The van der Waals surface area contributed by atoms with Gasteiger partial charge in [0.05, 0.1) is 0 Å². The molecule has 0 spiro atoms. The van der Waals surface area contributed by atoms with Gasteiger partial charge in [0.2, 0.25) is 0 Å². The zero-order valence-corrected chi connectivity index (χ0v) is 12.5. The number of Topliss-reactive ketones (excluding diaryl/α,β-unsaturated/α-hetero) is 1. The fraction of sp³-hybridized carbons (Fsp3) is 0.0625. The molecule has 0 saturated carbocycles. The summed E-state index contributed by atoms with van der Waals surface area (Å²) in [5.41, 5.74) is 1.85. The van der Waals surface area contributed by atoms with Crippen molar-refractivity contribution in [1.82, 2.24) is 10.6 Å². The first kappa shape index (κ1) is 14.2. The third-order valence-electron chi connectivity index (χ3n) is 3.21. The van der Waals surface area contributed by atoms with Gasteiger partial charge in [0, 0.05) is 17.2 Å². The van der Waals surface area contributed by atoms with Crippen molar-refractivity contribution < 1.29 is 14.0 Å². The van der Waals surface area contributed by atoms with E-state index in [1.807, 2.05) is 12.1 Å². The van der Waals surface area contributed by atoms with Crippen LogP contribution >= 0.6 is 12.2 Å². The van der Waals surface area contributed by atoms with Gasteiger partial charge in [-0.3, -0.25) is 14.9 Å². The molecule has 22 heavy (non-hydrogen) atoms. The summed E-state index contributed by atoms with van der Waals surface area (Å²) in [5, 5.41) is 5.52. The molecule has 0 atom stereocenters. The molecule has 5 nitrogen and oxygen atoms in total. The smallest absolute Gasteiger partial charge is 0.274 e. The van der Waals surface area contributed by atoms with Crippen LogP contribution in [0.3, 0.4) is 0 Å². The topological polar surface area (TPSA) is 71.3 Å². The van der Waals surface area contributed by atoms with Crippen molar-refractivity contribution in [3.8, 4) is 11.3 Å². The molecule has 2 heterocycles. The van der Waals surface area contributed by atoms with Crippen molar-refractivity contribution in [3.63, 3.8) is 0 Å². The van der Waals surface area contributed by atoms with Gasteiger partial charge in [-0.05, 0) is 31.3 Å². The summed E-state index contributed by atoms with van der Waals surface area (Å²) in [6.45, 7) is 1.52. The molecule has 3 rings (SSSR count). The van der Waals surface area contributed by atoms with Crippen molar-refractivity contribution in [2.75, 3.05) is 0 Å². The number of benzene rings is 1. The van der Waals surface area contributed by atoms with Crippen LogP contribution in [0, 0.1) is 0 Å². The highest BCUT2D eigenvalue weighted by molar-refractivity contribution is 7.80. The van der Waals surface area contributed by atoms with E-state index in [2.05, 4.69) is 10.6 Å². The lowest BCUT2D eigenvalue weighted by Gasteiger charge is -1.99. The minimum absolute atomic E-state index is 0.0192. The molecule has 1 amide bonds. The number of nitrogens with one attached hydrogen (secondary N) is 2. The zero-order chi connectivity index (χ0) is 15.7. The van der Waals surface area contributed by atoms with E-state index in [4.69, 9.17) is 16.6 Å². The number of hydrogen-bond donors (Lipinski definition) is 2. The number of rotatable bonds is 3. The number of furan rings is 1. The predicted molar refractivity (Wildman–Crippen MR) is 86.0 cm³/mol. The summed E-state index contributed by atoms with van der Waals surface area (Å²) in [5.74, 6) is 0.926. The quantitative estimate of drug-likeness (QED) is 0.517. The van der Waals surface area contributed by atoms with Crippen molar-refractivity contribution in [2.24, 2.45) is 0 Å². The number of ketones is 1. The highest BCUT2D eigenvalue weighted by atomic mass is 32.1. The third kappa shape index (κ3) is 2.82. The molecule has 110 valence electrons. The van der Waals surface area contributed by atoms with E-state index < -0.39 is 0 Å². The summed E-state index contributed by atoms with van der Waals surface area (Å²) in [6.07, 6.45) is 1.59. The Hall–Kier alpha value is -2.73. The highest BCUT2D eigenvalue weighted by Crippen LogP contribution is 2.24. The fourth-order valence-corrected chi connectivity index (χ4v) is 2.28. The second-order valence-electron chi connectivity index (χ2n) is 4.80. The van der Waals surface area contributed by atoms with Crippen LogP contribution in [-0.4, -0.2) is 16.8 Å². The minimum atomic E-state index is -0.284. The Morgan fingerprint density at radius 3 is 2.45 bits per heavy atom. The molecular weight excluding hydrogens is 300 g/mol. The fourth-order valence-electron chi connectivity index (χ4n) is 2.08. The Balaban J connectivity index is 1.85. The third-order valence-corrected chi connectivity index (χ3v) is 3.41. The lowest BCUT2D eigenvalue weighted by molar-refractivity contribution is -0.115. The predicted octanol–water partition coefficient (Wildman–Crippen LogP) is 2.49. The summed E-state index contributed by atoms with van der Waals surface area (Å²) >= 11 is 4.86. The van der Waals surface area contributed by atoms with Gasteiger partial charge in [0.15, 0.2) is 10.9 Å². The first-order chi connectivity index (χ1) is 10.5. The van der Waals surface area contributed by atoms with Gasteiger partial charge in [-0.2, -0.15) is 0 Å². The first-order valence-corrected chi connectivity index (χ1v) is 6.99. The maximum atomic E-state index is 11.6. The molecule has 0 aliphatic carbocycles. The van der Waals surface area contributed by atoms with Crippen molar-refractivity contribution in [3.05, 3.63) is 53.4 Å². The molecule has 2 N–H and O–H groups in total. The SMILES string of the molecule is CC(=O)c1ccc(-c2ccc(/C=C3/NC(=S)NC3=O)o2)cc1. The van der Waals surface area contributed by atoms with E-state index in [-0.39, 0.29) is 16.8 Å². The molecule has 1 fully saturated rings. The second kappa shape index (κ2) is 5.57. The Labute approximate surface area is 132 Å². The summed E-state index contributed by atoms with van der Waals surface area (Å²) in [7, 11) is 0. The number of thiocarbonyl (C=S) groups is 1. The molecule has 1 aromatic carbocycles. The van der Waals surface area contributed by atoms with Gasteiger partial charge < -0.3 is 9.73 Å². The maximum absolute atomic E-state index is 11.6. The number of carbonyl (C=O) groups excluding carboxylic acids is 2. The molecule has 6 heteroatoms. The molecule has 1 aliphatic rings. The number of amides is 1. The van der Waals surface area contributed by atoms with Gasteiger partial charge in [-0.15, -0.1) is 0 Å². The van der Waals surface area contributed by atoms with Crippen molar-refractivity contribution >= 4 is 35.1 Å². The van der Waals surface area contributed by atoms with E-state index in [9.17, 15) is 9.59 Å². The molecule has 1 aliphatic heterocycles. The van der Waals surface area contributed by atoms with Crippen molar-refractivity contribution in [1.29, 1.82) is 0 Å². The van der Waals surface area contributed by atoms with E-state index in [1.54, 1.807) is 30.3 Å². The van der Waals surface area contributed by atoms with Gasteiger partial charge in [-0.25, -0.2) is 0 Å². The Kier molecular flexibility index (Phi) is 3.60. The van der Waals surface area contributed by atoms with Crippen LogP contribution < -0.4 is 10.6 Å². The van der Waals surface area contributed by atoms with Gasteiger partial charge in [0.25, 0.3) is 5.91 Å². The minimum Gasteiger partial charge on any atom is -0.457 e. The molecule has 0 bridgehead atoms. The second-order valence-corrected chi connectivity index (χ2v) is 5.21. The van der Waals surface area contributed by atoms with Crippen LogP contribution in [0.2, 0.25) is 0 Å². The molecule has 0 radical (unpaired) electrons. The van der Waals surface area contributed by atoms with E-state index in [0.29, 0.717) is 22.8 Å². The van der Waals surface area contributed by atoms with Crippen LogP contribution in [0.5, 0.6) is 0 Å². The molecular formula is C16H12N2O3S. The summed E-state index contributed by atoms with van der Waals surface area (Å²) in [6, 6.07) is 10.7. The van der Waals surface area contributed by atoms with Gasteiger partial charge in [0.1, 0.15) is 17.2 Å². The normalized spacial score (nSPS) is 15.8. The standard InChI is InChI=1S/C16H12N2O3S/c1-9(19)10-2-4-11(5-3-10)14-7-6-12(21-14)8-13-15(20)18-16(22)17-13/h2-8H,1H3,(H2,17,18,20,22)/b13-8+. The van der Waals surface area contributed by atoms with E-state index in [0.717, 1.165) is 5.56 Å². The number of hydrogen-bond acceptors (Lipinski definition) is 4. The Bertz CT molecular complexity index is 803. The Morgan fingerprint density at radius 2 is 1.86 bits per heavy atom. The van der Waals surface area contributed by atoms with Crippen LogP contribution in [-0.2, 0) is 4.79 Å². The average Bonchev–Trinajstić information content (AvgIpc) is 3.06. The molecule has 2 aromatic rings. The zero-order valence-electron chi connectivity index (χ0n) is 11.7. The lowest BCUT2D eigenvalue weighted by Crippen LogP contribution is -2.21. The van der Waals surface area contributed by atoms with Crippen molar-refractivity contribution in [2.45, 2.75) is 6.92 Å². The summed E-state index contributed by atoms with van der Waals surface area (Å²) < 4.78 is 5.69. The van der Waals surface area contributed by atoms with Crippen LogP contribution in [0.25, 0.3) is 17.4 Å². The van der Waals surface area contributed by atoms with Gasteiger partial charge in [-0.1, -0.05) is 24.3 Å². The van der Waals surface area contributed by atoms with Crippen LogP contribution in [0.15, 0.2) is 46.5 Å². The molecule has 1 saturated heterocycles. The lowest BCUT2D eigenvalue weighted by atomic mass is 10.1. The Morgan fingerprint density at radius 1 is 1.14 bits per heavy atom. The average molecular weight is 312 g/mol. The first-order valence-electron chi connectivity index (χ1n) is 6.58. The van der Waals surface area contributed by atoms with Crippen LogP contribution in [0.4, 0.5) is 0 Å². The van der Waals surface area contributed by atoms with Gasteiger partial charge >= 0.3 is 0 Å². The largest absolute Gasteiger partial charge is 0.457 e. The molecule has 0 unspecified atom stereocenters. The van der Waals surface area contributed by atoms with E-state index in [1.165, 1.54) is 6.92 Å². The number of carbonyl (C=O) groups is 2. The van der Waals surface area contributed by atoms with Crippen LogP contribution in [0.1, 0.15) is 23.0 Å². The molecule has 1 aromatic heterocycles. The monoisotopic (exact) mass is 312 g/mol. The highest BCUT2D eigenvalue weighted by Gasteiger charge is 2.20.